The third-order valence-electron chi connectivity index (χ3n) is 3.95. The van der Waals surface area contributed by atoms with Crippen LogP contribution in [0.3, 0.4) is 0 Å². The molecule has 2 aromatic carbocycles. The lowest BCUT2D eigenvalue weighted by molar-refractivity contribution is 0.0699. The highest BCUT2D eigenvalue weighted by Crippen LogP contribution is 2.40. The number of carbonyl (C=O) groups is 1. The van der Waals surface area contributed by atoms with E-state index >= 15 is 0 Å². The quantitative estimate of drug-likeness (QED) is 0.712. The minimum Gasteiger partial charge on any atom is -0.478 e. The van der Waals surface area contributed by atoms with Crippen molar-refractivity contribution < 1.29 is 9.90 Å². The topological polar surface area (TPSA) is 50.2 Å². The second kappa shape index (κ2) is 4.04. The molecule has 20 heavy (non-hydrogen) atoms. The summed E-state index contributed by atoms with van der Waals surface area (Å²) in [5.41, 5.74) is 2.10. The third kappa shape index (κ3) is 1.67. The molecule has 1 aromatic heterocycles. The van der Waals surface area contributed by atoms with E-state index in [1.807, 2.05) is 36.4 Å². The van der Waals surface area contributed by atoms with E-state index in [9.17, 15) is 9.90 Å². The Balaban J connectivity index is 2.15. The molecule has 1 fully saturated rings. The Kier molecular flexibility index (Phi) is 2.30. The summed E-state index contributed by atoms with van der Waals surface area (Å²) < 4.78 is 0. The Morgan fingerprint density at radius 1 is 1.10 bits per heavy atom. The van der Waals surface area contributed by atoms with E-state index in [0.29, 0.717) is 11.5 Å². The third-order valence-corrected chi connectivity index (χ3v) is 3.95. The molecule has 3 heteroatoms. The van der Waals surface area contributed by atoms with Gasteiger partial charge in [0.2, 0.25) is 0 Å². The number of benzene rings is 2. The fraction of sp³-hybridized carbons (Fsp3) is 0.176. The fourth-order valence-corrected chi connectivity index (χ4v) is 2.75. The largest absolute Gasteiger partial charge is 0.478 e. The number of aromatic nitrogens is 1. The maximum Gasteiger partial charge on any atom is 0.336 e. The van der Waals surface area contributed by atoms with Gasteiger partial charge in [0.1, 0.15) is 0 Å². The lowest BCUT2D eigenvalue weighted by Crippen LogP contribution is -2.01. The molecule has 1 aliphatic carbocycles. The second-order valence-electron chi connectivity index (χ2n) is 5.36. The first-order chi connectivity index (χ1) is 9.74. The van der Waals surface area contributed by atoms with Gasteiger partial charge in [-0.25, -0.2) is 4.79 Å². The molecule has 0 unspecified atom stereocenters. The zero-order chi connectivity index (χ0) is 13.7. The number of hydrogen-bond acceptors (Lipinski definition) is 2. The summed E-state index contributed by atoms with van der Waals surface area (Å²) in [6.45, 7) is 0. The van der Waals surface area contributed by atoms with Gasteiger partial charge in [-0.3, -0.25) is 4.98 Å². The molecular formula is C17H13NO2. The van der Waals surface area contributed by atoms with Crippen LogP contribution in [0, 0.1) is 0 Å². The summed E-state index contributed by atoms with van der Waals surface area (Å²) in [6.07, 6.45) is 2.23. The predicted molar refractivity (Wildman–Crippen MR) is 78.2 cm³/mol. The number of aromatic carboxylic acids is 1. The number of carboxylic acid groups (broad SMARTS) is 1. The number of carboxylic acids is 1. The number of pyridine rings is 1. The van der Waals surface area contributed by atoms with Crippen LogP contribution in [0.4, 0.5) is 0 Å². The van der Waals surface area contributed by atoms with E-state index < -0.39 is 5.97 Å². The van der Waals surface area contributed by atoms with E-state index in [1.54, 1.807) is 6.07 Å². The van der Waals surface area contributed by atoms with Crippen LogP contribution < -0.4 is 0 Å². The van der Waals surface area contributed by atoms with Crippen LogP contribution in [0.15, 0.2) is 42.5 Å². The predicted octanol–water partition coefficient (Wildman–Crippen LogP) is 3.96. The molecule has 1 N–H and O–H groups in total. The van der Waals surface area contributed by atoms with Crippen molar-refractivity contribution in [2.45, 2.75) is 18.8 Å². The van der Waals surface area contributed by atoms with Gasteiger partial charge in [-0.05, 0) is 24.3 Å². The number of rotatable bonds is 2. The minimum absolute atomic E-state index is 0.364. The Morgan fingerprint density at radius 2 is 1.90 bits per heavy atom. The zero-order valence-electron chi connectivity index (χ0n) is 10.8. The van der Waals surface area contributed by atoms with Crippen molar-refractivity contribution in [2.24, 2.45) is 0 Å². The van der Waals surface area contributed by atoms with Crippen LogP contribution in [-0.4, -0.2) is 16.1 Å². The summed E-state index contributed by atoms with van der Waals surface area (Å²) in [7, 11) is 0. The van der Waals surface area contributed by atoms with Gasteiger partial charge in [-0.15, -0.1) is 0 Å². The van der Waals surface area contributed by atoms with E-state index in [4.69, 9.17) is 4.98 Å². The smallest absolute Gasteiger partial charge is 0.336 e. The van der Waals surface area contributed by atoms with Crippen molar-refractivity contribution in [2.75, 3.05) is 0 Å². The van der Waals surface area contributed by atoms with Crippen LogP contribution in [0.1, 0.15) is 34.8 Å². The van der Waals surface area contributed by atoms with Gasteiger partial charge in [0.25, 0.3) is 0 Å². The average molecular weight is 263 g/mol. The van der Waals surface area contributed by atoms with Crippen LogP contribution in [0.2, 0.25) is 0 Å². The Hall–Kier alpha value is -2.42. The van der Waals surface area contributed by atoms with Gasteiger partial charge in [0, 0.05) is 22.4 Å². The monoisotopic (exact) mass is 263 g/mol. The molecule has 1 heterocycles. The van der Waals surface area contributed by atoms with Crippen LogP contribution in [-0.2, 0) is 0 Å². The summed E-state index contributed by atoms with van der Waals surface area (Å²) in [4.78, 5) is 16.3. The van der Waals surface area contributed by atoms with Gasteiger partial charge in [0.15, 0.2) is 0 Å². The SMILES string of the molecule is O=C(O)c1cc(C2CC2)nc2c1ccc1ccccc12. The van der Waals surface area contributed by atoms with Gasteiger partial charge in [-0.2, -0.15) is 0 Å². The van der Waals surface area contributed by atoms with Gasteiger partial charge >= 0.3 is 5.97 Å². The average Bonchev–Trinajstić information content (AvgIpc) is 3.30. The molecule has 4 rings (SSSR count). The highest BCUT2D eigenvalue weighted by molar-refractivity contribution is 6.12. The van der Waals surface area contributed by atoms with Crippen molar-refractivity contribution in [3.05, 3.63) is 53.7 Å². The fourth-order valence-electron chi connectivity index (χ4n) is 2.75. The molecule has 1 saturated carbocycles. The molecule has 3 aromatic rings. The molecular weight excluding hydrogens is 250 g/mol. The van der Waals surface area contributed by atoms with Crippen molar-refractivity contribution in [3.63, 3.8) is 0 Å². The lowest BCUT2D eigenvalue weighted by atomic mass is 10.0. The van der Waals surface area contributed by atoms with E-state index in [-0.39, 0.29) is 0 Å². The molecule has 98 valence electrons. The number of nitrogens with zero attached hydrogens (tertiary/aromatic N) is 1. The molecule has 0 bridgehead atoms. The standard InChI is InChI=1S/C17H13NO2/c19-17(20)14-9-15(11-5-6-11)18-16-12-4-2-1-3-10(12)7-8-13(14)16/h1-4,7-9,11H,5-6H2,(H,19,20). The van der Waals surface area contributed by atoms with Crippen molar-refractivity contribution in [1.82, 2.24) is 4.98 Å². The Bertz CT molecular complexity index is 850. The Morgan fingerprint density at radius 3 is 2.65 bits per heavy atom. The number of hydrogen-bond donors (Lipinski definition) is 1. The molecule has 0 radical (unpaired) electrons. The summed E-state index contributed by atoms with van der Waals surface area (Å²) >= 11 is 0. The van der Waals surface area contributed by atoms with E-state index in [0.717, 1.165) is 40.2 Å². The highest BCUT2D eigenvalue weighted by Gasteiger charge is 2.27. The van der Waals surface area contributed by atoms with Gasteiger partial charge in [0.05, 0.1) is 11.1 Å². The lowest BCUT2D eigenvalue weighted by Gasteiger charge is -2.08. The zero-order valence-corrected chi connectivity index (χ0v) is 10.8. The summed E-state index contributed by atoms with van der Waals surface area (Å²) in [5, 5.41) is 12.3. The summed E-state index contributed by atoms with van der Waals surface area (Å²) in [5.74, 6) is -0.439. The van der Waals surface area contributed by atoms with Gasteiger partial charge < -0.3 is 5.11 Å². The second-order valence-corrected chi connectivity index (χ2v) is 5.36. The first-order valence-electron chi connectivity index (χ1n) is 6.80. The molecule has 0 amide bonds. The van der Waals surface area contributed by atoms with Crippen LogP contribution in [0.25, 0.3) is 21.7 Å². The molecule has 1 aliphatic rings. The van der Waals surface area contributed by atoms with Crippen molar-refractivity contribution in [3.8, 4) is 0 Å². The van der Waals surface area contributed by atoms with E-state index in [2.05, 4.69) is 0 Å². The van der Waals surface area contributed by atoms with Crippen molar-refractivity contribution in [1.29, 1.82) is 0 Å². The molecule has 0 atom stereocenters. The van der Waals surface area contributed by atoms with Crippen molar-refractivity contribution >= 4 is 27.6 Å². The normalized spacial score (nSPS) is 14.8. The first kappa shape index (κ1) is 11.4. The molecule has 0 spiro atoms. The maximum absolute atomic E-state index is 11.5. The van der Waals surface area contributed by atoms with Crippen LogP contribution >= 0.6 is 0 Å². The maximum atomic E-state index is 11.5. The molecule has 0 saturated heterocycles. The van der Waals surface area contributed by atoms with Crippen LogP contribution in [0.5, 0.6) is 0 Å². The van der Waals surface area contributed by atoms with E-state index in [1.165, 1.54) is 0 Å². The minimum atomic E-state index is -0.880. The molecule has 0 aliphatic heterocycles. The Labute approximate surface area is 115 Å². The molecule has 3 nitrogen and oxygen atoms in total. The number of fused-ring (bicyclic) bond motifs is 3. The van der Waals surface area contributed by atoms with Gasteiger partial charge in [-0.1, -0.05) is 36.4 Å². The highest BCUT2D eigenvalue weighted by atomic mass is 16.4. The summed E-state index contributed by atoms with van der Waals surface area (Å²) in [6, 6.07) is 13.6. The first-order valence-corrected chi connectivity index (χ1v) is 6.80.